The van der Waals surface area contributed by atoms with Gasteiger partial charge in [0.1, 0.15) is 5.75 Å². The maximum absolute atomic E-state index is 12.2. The second-order valence-electron chi connectivity index (χ2n) is 3.71. The Morgan fingerprint density at radius 3 is 2.53 bits per heavy atom. The molecule has 0 aliphatic rings. The van der Waals surface area contributed by atoms with Gasteiger partial charge in [-0.15, -0.1) is 0 Å². The van der Waals surface area contributed by atoms with Crippen LogP contribution in [-0.4, -0.2) is 34.5 Å². The highest BCUT2D eigenvalue weighted by Crippen LogP contribution is 2.27. The van der Waals surface area contributed by atoms with Gasteiger partial charge in [0.25, 0.3) is 0 Å². The number of methoxy groups -OCH3 is 2. The molecular formula is C11H17NO4S. The summed E-state index contributed by atoms with van der Waals surface area (Å²) in [5.41, 5.74) is 5.91. The molecule has 5 nitrogen and oxygen atoms in total. The van der Waals surface area contributed by atoms with Crippen LogP contribution in [0.25, 0.3) is 0 Å². The molecule has 0 saturated heterocycles. The minimum Gasteiger partial charge on any atom is -0.497 e. The van der Waals surface area contributed by atoms with Gasteiger partial charge in [0.05, 0.1) is 29.5 Å². The lowest BCUT2D eigenvalue weighted by molar-refractivity contribution is 0.200. The average molecular weight is 259 g/mol. The summed E-state index contributed by atoms with van der Waals surface area (Å²) < 4.78 is 34.2. The van der Waals surface area contributed by atoms with Crippen molar-refractivity contribution in [2.24, 2.45) is 0 Å². The summed E-state index contributed by atoms with van der Waals surface area (Å²) in [5.74, 6) is 0.461. The summed E-state index contributed by atoms with van der Waals surface area (Å²) in [6.45, 7) is 1.71. The van der Waals surface area contributed by atoms with E-state index in [9.17, 15) is 8.42 Å². The van der Waals surface area contributed by atoms with E-state index < -0.39 is 15.1 Å². The molecule has 0 aliphatic carbocycles. The number of hydrogen-bond donors (Lipinski definition) is 1. The van der Waals surface area contributed by atoms with E-state index >= 15 is 0 Å². The van der Waals surface area contributed by atoms with Gasteiger partial charge in [-0.05, 0) is 19.1 Å². The highest BCUT2D eigenvalue weighted by molar-refractivity contribution is 7.92. The summed E-state index contributed by atoms with van der Waals surface area (Å²) in [6, 6.07) is 4.57. The van der Waals surface area contributed by atoms with Crippen LogP contribution in [0.1, 0.15) is 6.92 Å². The summed E-state index contributed by atoms with van der Waals surface area (Å²) in [5, 5.41) is -0.651. The molecule has 1 aromatic rings. The third-order valence-corrected chi connectivity index (χ3v) is 4.62. The molecule has 0 heterocycles. The predicted molar refractivity (Wildman–Crippen MR) is 65.9 cm³/mol. The Balaban J connectivity index is 3.22. The topological polar surface area (TPSA) is 78.6 Å². The monoisotopic (exact) mass is 259 g/mol. The SMILES string of the molecule is COCC(C)S(=O)(=O)c1cc(OC)ccc1N. The molecule has 0 aliphatic heterocycles. The predicted octanol–water partition coefficient (Wildman–Crippen LogP) is 1.09. The number of anilines is 1. The Morgan fingerprint density at radius 1 is 1.35 bits per heavy atom. The number of ether oxygens (including phenoxy) is 2. The fraction of sp³-hybridized carbons (Fsp3) is 0.455. The minimum absolute atomic E-state index is 0.0846. The molecule has 0 bridgehead atoms. The Labute approximate surface area is 101 Å². The van der Waals surface area contributed by atoms with Crippen LogP contribution < -0.4 is 10.5 Å². The van der Waals surface area contributed by atoms with Crippen LogP contribution in [-0.2, 0) is 14.6 Å². The quantitative estimate of drug-likeness (QED) is 0.801. The molecule has 6 heteroatoms. The van der Waals surface area contributed by atoms with E-state index in [0.717, 1.165) is 0 Å². The average Bonchev–Trinajstić information content (AvgIpc) is 2.29. The molecule has 0 radical (unpaired) electrons. The normalized spacial score (nSPS) is 13.4. The molecular weight excluding hydrogens is 242 g/mol. The summed E-state index contributed by atoms with van der Waals surface area (Å²) >= 11 is 0. The van der Waals surface area contributed by atoms with Crippen molar-refractivity contribution in [2.45, 2.75) is 17.1 Å². The van der Waals surface area contributed by atoms with Crippen LogP contribution in [0.2, 0.25) is 0 Å². The Hall–Kier alpha value is -1.27. The van der Waals surface area contributed by atoms with Gasteiger partial charge in [-0.3, -0.25) is 0 Å². The van der Waals surface area contributed by atoms with Crippen LogP contribution in [0.4, 0.5) is 5.69 Å². The van der Waals surface area contributed by atoms with Crippen molar-refractivity contribution in [3.8, 4) is 5.75 Å². The number of rotatable bonds is 5. The number of nitrogens with two attached hydrogens (primary N) is 1. The summed E-state index contributed by atoms with van der Waals surface area (Å²) in [4.78, 5) is 0.0846. The first-order valence-electron chi connectivity index (χ1n) is 5.09. The van der Waals surface area contributed by atoms with E-state index in [1.165, 1.54) is 26.4 Å². The van der Waals surface area contributed by atoms with Crippen molar-refractivity contribution >= 4 is 15.5 Å². The van der Waals surface area contributed by atoms with Gasteiger partial charge in [-0.25, -0.2) is 8.42 Å². The van der Waals surface area contributed by atoms with Crippen molar-refractivity contribution in [2.75, 3.05) is 26.6 Å². The Bertz CT molecular complexity index is 484. The highest BCUT2D eigenvalue weighted by atomic mass is 32.2. The Kier molecular flexibility index (Phi) is 4.36. The lowest BCUT2D eigenvalue weighted by Gasteiger charge is -2.14. The zero-order valence-corrected chi connectivity index (χ0v) is 11.0. The molecule has 96 valence electrons. The Morgan fingerprint density at radius 2 is 2.00 bits per heavy atom. The number of sulfone groups is 1. The maximum atomic E-state index is 12.2. The molecule has 17 heavy (non-hydrogen) atoms. The fourth-order valence-corrected chi connectivity index (χ4v) is 2.85. The molecule has 0 amide bonds. The van der Waals surface area contributed by atoms with Crippen molar-refractivity contribution < 1.29 is 17.9 Å². The van der Waals surface area contributed by atoms with Gasteiger partial charge in [0.15, 0.2) is 9.84 Å². The lowest BCUT2D eigenvalue weighted by atomic mass is 10.3. The highest BCUT2D eigenvalue weighted by Gasteiger charge is 2.25. The molecule has 1 atom stereocenters. The van der Waals surface area contributed by atoms with E-state index in [2.05, 4.69) is 0 Å². The number of nitrogen functional groups attached to an aromatic ring is 1. The molecule has 1 unspecified atom stereocenters. The molecule has 2 N–H and O–H groups in total. The zero-order chi connectivity index (χ0) is 13.1. The molecule has 0 aromatic heterocycles. The smallest absolute Gasteiger partial charge is 0.185 e. The third-order valence-electron chi connectivity index (χ3n) is 2.46. The molecule has 0 fully saturated rings. The molecule has 0 saturated carbocycles. The number of hydrogen-bond acceptors (Lipinski definition) is 5. The second-order valence-corrected chi connectivity index (χ2v) is 6.05. The first-order valence-corrected chi connectivity index (χ1v) is 6.64. The van der Waals surface area contributed by atoms with Crippen LogP contribution in [0.5, 0.6) is 5.75 Å². The largest absolute Gasteiger partial charge is 0.497 e. The van der Waals surface area contributed by atoms with Crippen LogP contribution in [0, 0.1) is 0 Å². The molecule has 1 aromatic carbocycles. The van der Waals surface area contributed by atoms with E-state index in [-0.39, 0.29) is 17.2 Å². The van der Waals surface area contributed by atoms with Gasteiger partial charge in [-0.1, -0.05) is 0 Å². The van der Waals surface area contributed by atoms with Crippen molar-refractivity contribution in [1.82, 2.24) is 0 Å². The third kappa shape index (κ3) is 2.89. The van der Waals surface area contributed by atoms with Crippen LogP contribution >= 0.6 is 0 Å². The maximum Gasteiger partial charge on any atom is 0.185 e. The van der Waals surface area contributed by atoms with E-state index in [1.807, 2.05) is 0 Å². The van der Waals surface area contributed by atoms with Crippen LogP contribution in [0.15, 0.2) is 23.1 Å². The van der Waals surface area contributed by atoms with Crippen molar-refractivity contribution in [3.63, 3.8) is 0 Å². The first kappa shape index (κ1) is 13.8. The van der Waals surface area contributed by atoms with Crippen molar-refractivity contribution in [3.05, 3.63) is 18.2 Å². The van der Waals surface area contributed by atoms with Crippen LogP contribution in [0.3, 0.4) is 0 Å². The summed E-state index contributed by atoms with van der Waals surface area (Å²) in [6.07, 6.45) is 0. The zero-order valence-electron chi connectivity index (χ0n) is 10.1. The molecule has 0 spiro atoms. The molecule has 1 rings (SSSR count). The van der Waals surface area contributed by atoms with E-state index in [1.54, 1.807) is 13.0 Å². The fourth-order valence-electron chi connectivity index (χ4n) is 1.43. The van der Waals surface area contributed by atoms with Gasteiger partial charge < -0.3 is 15.2 Å². The van der Waals surface area contributed by atoms with Gasteiger partial charge in [0, 0.05) is 13.2 Å². The first-order chi connectivity index (χ1) is 7.93. The lowest BCUT2D eigenvalue weighted by Crippen LogP contribution is -2.23. The standard InChI is InChI=1S/C11H17NO4S/c1-8(7-15-2)17(13,14)11-6-9(16-3)4-5-10(11)12/h4-6,8H,7,12H2,1-3H3. The van der Waals surface area contributed by atoms with Gasteiger partial charge >= 0.3 is 0 Å². The van der Waals surface area contributed by atoms with Gasteiger partial charge in [-0.2, -0.15) is 0 Å². The second kappa shape index (κ2) is 5.37. The van der Waals surface area contributed by atoms with Gasteiger partial charge in [0.2, 0.25) is 0 Å². The van der Waals surface area contributed by atoms with E-state index in [4.69, 9.17) is 15.2 Å². The summed E-state index contributed by atoms with van der Waals surface area (Å²) in [7, 11) is -0.562. The van der Waals surface area contributed by atoms with E-state index in [0.29, 0.717) is 5.75 Å². The van der Waals surface area contributed by atoms with Crippen molar-refractivity contribution in [1.29, 1.82) is 0 Å². The number of benzene rings is 1. The minimum atomic E-state index is -3.49.